The van der Waals surface area contributed by atoms with Crippen LogP contribution in [0.15, 0.2) is 48.7 Å². The van der Waals surface area contributed by atoms with Crippen molar-refractivity contribution in [3.05, 3.63) is 54.2 Å². The van der Waals surface area contributed by atoms with Gasteiger partial charge in [-0.2, -0.15) is 0 Å². The summed E-state index contributed by atoms with van der Waals surface area (Å²) in [5, 5.41) is 3.40. The molecule has 0 atom stereocenters. The molecule has 3 rings (SSSR count). The molecular formula is C16H18N2O. The Bertz CT molecular complexity index is 504. The van der Waals surface area contributed by atoms with Gasteiger partial charge in [0.05, 0.1) is 0 Å². The van der Waals surface area contributed by atoms with E-state index in [0.29, 0.717) is 11.8 Å². The quantitative estimate of drug-likeness (QED) is 0.912. The highest BCUT2D eigenvalue weighted by atomic mass is 16.5. The van der Waals surface area contributed by atoms with Crippen LogP contribution in [0.4, 0.5) is 0 Å². The lowest BCUT2D eigenvalue weighted by Crippen LogP contribution is -2.26. The van der Waals surface area contributed by atoms with E-state index in [1.807, 2.05) is 30.3 Å². The SMILES string of the molecule is c1ccc(Oc2ccc(C3CCNCC3)cc2)nc1. The van der Waals surface area contributed by atoms with E-state index in [2.05, 4.69) is 22.4 Å². The number of nitrogens with one attached hydrogen (secondary N) is 1. The van der Waals surface area contributed by atoms with Crippen LogP contribution in [-0.2, 0) is 0 Å². The van der Waals surface area contributed by atoms with E-state index in [0.717, 1.165) is 18.8 Å². The fourth-order valence-electron chi connectivity index (χ4n) is 2.49. The number of rotatable bonds is 3. The number of hydrogen-bond donors (Lipinski definition) is 1. The highest BCUT2D eigenvalue weighted by molar-refractivity contribution is 5.32. The third-order valence-electron chi connectivity index (χ3n) is 3.55. The first kappa shape index (κ1) is 12.2. The van der Waals surface area contributed by atoms with Crippen molar-refractivity contribution in [2.45, 2.75) is 18.8 Å². The van der Waals surface area contributed by atoms with E-state index in [1.54, 1.807) is 6.20 Å². The molecule has 2 heterocycles. The molecule has 1 aromatic carbocycles. The highest BCUT2D eigenvalue weighted by Crippen LogP contribution is 2.27. The Morgan fingerprint density at radius 1 is 1.00 bits per heavy atom. The zero-order chi connectivity index (χ0) is 12.9. The van der Waals surface area contributed by atoms with Gasteiger partial charge in [-0.15, -0.1) is 0 Å². The number of hydrogen-bond acceptors (Lipinski definition) is 3. The van der Waals surface area contributed by atoms with Crippen LogP contribution in [0, 0.1) is 0 Å². The minimum Gasteiger partial charge on any atom is -0.439 e. The Hall–Kier alpha value is -1.87. The molecule has 1 N–H and O–H groups in total. The van der Waals surface area contributed by atoms with Gasteiger partial charge in [0.25, 0.3) is 0 Å². The average Bonchev–Trinajstić information content (AvgIpc) is 2.50. The molecule has 0 spiro atoms. The number of piperidine rings is 1. The minimum absolute atomic E-state index is 0.636. The van der Waals surface area contributed by atoms with Crippen molar-refractivity contribution < 1.29 is 4.74 Å². The van der Waals surface area contributed by atoms with Gasteiger partial charge in [-0.05, 0) is 55.6 Å². The van der Waals surface area contributed by atoms with Crippen LogP contribution in [0.5, 0.6) is 11.6 Å². The molecule has 0 aliphatic carbocycles. The predicted octanol–water partition coefficient (Wildman–Crippen LogP) is 3.34. The largest absolute Gasteiger partial charge is 0.439 e. The van der Waals surface area contributed by atoms with Crippen molar-refractivity contribution in [3.8, 4) is 11.6 Å². The molecule has 0 saturated carbocycles. The molecule has 3 nitrogen and oxygen atoms in total. The van der Waals surface area contributed by atoms with Gasteiger partial charge in [0.2, 0.25) is 5.88 Å². The maximum absolute atomic E-state index is 5.70. The van der Waals surface area contributed by atoms with E-state index in [9.17, 15) is 0 Å². The summed E-state index contributed by atoms with van der Waals surface area (Å²) in [6, 6.07) is 14.1. The van der Waals surface area contributed by atoms with Crippen molar-refractivity contribution in [1.82, 2.24) is 10.3 Å². The van der Waals surface area contributed by atoms with Gasteiger partial charge >= 0.3 is 0 Å². The zero-order valence-electron chi connectivity index (χ0n) is 10.9. The third kappa shape index (κ3) is 3.12. The Balaban J connectivity index is 1.68. The maximum Gasteiger partial charge on any atom is 0.219 e. The molecule has 98 valence electrons. The molecule has 0 amide bonds. The van der Waals surface area contributed by atoms with E-state index in [-0.39, 0.29) is 0 Å². The normalized spacial score (nSPS) is 16.2. The molecule has 0 bridgehead atoms. The predicted molar refractivity (Wildman–Crippen MR) is 75.6 cm³/mol. The van der Waals surface area contributed by atoms with Crippen LogP contribution in [-0.4, -0.2) is 18.1 Å². The maximum atomic E-state index is 5.70. The fraction of sp³-hybridized carbons (Fsp3) is 0.312. The molecule has 19 heavy (non-hydrogen) atoms. The van der Waals surface area contributed by atoms with Crippen LogP contribution >= 0.6 is 0 Å². The summed E-state index contributed by atoms with van der Waals surface area (Å²) in [7, 11) is 0. The summed E-state index contributed by atoms with van der Waals surface area (Å²) in [4.78, 5) is 4.16. The number of ether oxygens (including phenoxy) is 1. The first-order valence-corrected chi connectivity index (χ1v) is 6.81. The second-order valence-electron chi connectivity index (χ2n) is 4.86. The second-order valence-corrected chi connectivity index (χ2v) is 4.86. The van der Waals surface area contributed by atoms with Crippen molar-refractivity contribution in [2.24, 2.45) is 0 Å². The van der Waals surface area contributed by atoms with Gasteiger partial charge in [-0.25, -0.2) is 4.98 Å². The lowest BCUT2D eigenvalue weighted by atomic mass is 9.90. The Kier molecular flexibility index (Phi) is 3.75. The van der Waals surface area contributed by atoms with Gasteiger partial charge in [0.15, 0.2) is 0 Å². The Morgan fingerprint density at radius 3 is 2.47 bits per heavy atom. The molecule has 0 radical (unpaired) electrons. The van der Waals surface area contributed by atoms with Gasteiger partial charge < -0.3 is 10.1 Å². The summed E-state index contributed by atoms with van der Waals surface area (Å²) in [6.07, 6.45) is 4.18. The van der Waals surface area contributed by atoms with E-state index in [1.165, 1.54) is 18.4 Å². The van der Waals surface area contributed by atoms with E-state index >= 15 is 0 Å². The summed E-state index contributed by atoms with van der Waals surface area (Å²) in [6.45, 7) is 2.24. The minimum atomic E-state index is 0.636. The van der Waals surface area contributed by atoms with Crippen molar-refractivity contribution in [2.75, 3.05) is 13.1 Å². The topological polar surface area (TPSA) is 34.1 Å². The van der Waals surface area contributed by atoms with Crippen LogP contribution in [0.3, 0.4) is 0 Å². The molecule has 1 saturated heterocycles. The lowest BCUT2D eigenvalue weighted by Gasteiger charge is -2.23. The lowest BCUT2D eigenvalue weighted by molar-refractivity contribution is 0.454. The van der Waals surface area contributed by atoms with E-state index in [4.69, 9.17) is 4.74 Å². The average molecular weight is 254 g/mol. The van der Waals surface area contributed by atoms with Gasteiger partial charge in [-0.1, -0.05) is 18.2 Å². The standard InChI is InChI=1S/C16H18N2O/c1-2-10-18-16(3-1)19-15-6-4-13(5-7-15)14-8-11-17-12-9-14/h1-7,10,14,17H,8-9,11-12H2. The fourth-order valence-corrected chi connectivity index (χ4v) is 2.49. The van der Waals surface area contributed by atoms with Crippen LogP contribution in [0.25, 0.3) is 0 Å². The van der Waals surface area contributed by atoms with E-state index < -0.39 is 0 Å². The summed E-state index contributed by atoms with van der Waals surface area (Å²) < 4.78 is 5.70. The van der Waals surface area contributed by atoms with Crippen molar-refractivity contribution >= 4 is 0 Å². The number of aromatic nitrogens is 1. The molecule has 0 unspecified atom stereocenters. The molecule has 1 aliphatic heterocycles. The monoisotopic (exact) mass is 254 g/mol. The zero-order valence-corrected chi connectivity index (χ0v) is 10.9. The Morgan fingerprint density at radius 2 is 1.79 bits per heavy atom. The smallest absolute Gasteiger partial charge is 0.219 e. The summed E-state index contributed by atoms with van der Waals surface area (Å²) in [5.74, 6) is 2.17. The molecule has 1 fully saturated rings. The first-order valence-electron chi connectivity index (χ1n) is 6.81. The number of benzene rings is 1. The van der Waals surface area contributed by atoms with Crippen molar-refractivity contribution in [1.29, 1.82) is 0 Å². The van der Waals surface area contributed by atoms with Gasteiger partial charge in [0.1, 0.15) is 5.75 Å². The molecule has 1 aliphatic rings. The third-order valence-corrected chi connectivity index (χ3v) is 3.55. The van der Waals surface area contributed by atoms with Gasteiger partial charge in [0, 0.05) is 12.3 Å². The van der Waals surface area contributed by atoms with Crippen LogP contribution in [0.1, 0.15) is 24.3 Å². The molecule has 2 aromatic rings. The van der Waals surface area contributed by atoms with Gasteiger partial charge in [-0.3, -0.25) is 0 Å². The summed E-state index contributed by atoms with van der Waals surface area (Å²) >= 11 is 0. The van der Waals surface area contributed by atoms with Crippen LogP contribution in [0.2, 0.25) is 0 Å². The van der Waals surface area contributed by atoms with Crippen molar-refractivity contribution in [3.63, 3.8) is 0 Å². The summed E-state index contributed by atoms with van der Waals surface area (Å²) in [5.41, 5.74) is 1.41. The highest BCUT2D eigenvalue weighted by Gasteiger charge is 2.14. The second kappa shape index (κ2) is 5.85. The molecular weight excluding hydrogens is 236 g/mol. The van der Waals surface area contributed by atoms with Crippen LogP contribution < -0.4 is 10.1 Å². The molecule has 1 aromatic heterocycles. The first-order chi connectivity index (χ1) is 9.42. The number of nitrogens with zero attached hydrogens (tertiary/aromatic N) is 1. The number of pyridine rings is 1. The Labute approximate surface area is 113 Å². The molecule has 3 heteroatoms.